The zero-order valence-corrected chi connectivity index (χ0v) is 14.9. The molecule has 1 heterocycles. The number of carbonyl (C=O) groups excluding carboxylic acids is 1. The van der Waals surface area contributed by atoms with Gasteiger partial charge < -0.3 is 9.72 Å². The molecule has 2 aromatic rings. The van der Waals surface area contributed by atoms with Crippen molar-refractivity contribution in [3.63, 3.8) is 0 Å². The number of benzene rings is 1. The van der Waals surface area contributed by atoms with Crippen molar-refractivity contribution in [3.05, 3.63) is 47.3 Å². The van der Waals surface area contributed by atoms with Crippen LogP contribution < -0.4 is 0 Å². The Kier molecular flexibility index (Phi) is 9.86. The maximum Gasteiger partial charge on any atom is 0.340 e. The van der Waals surface area contributed by atoms with E-state index in [0.29, 0.717) is 11.1 Å². The monoisotopic (exact) mass is 314 g/mol. The zero-order valence-electron chi connectivity index (χ0n) is 14.9. The minimum atomic E-state index is -0.376. The lowest BCUT2D eigenvalue weighted by atomic mass is 10.0. The van der Waals surface area contributed by atoms with E-state index >= 15 is 0 Å². The Morgan fingerprint density at radius 3 is 2.17 bits per heavy atom. The molecule has 124 valence electrons. The highest BCUT2D eigenvalue weighted by atomic mass is 16.5. The van der Waals surface area contributed by atoms with Crippen molar-refractivity contribution in [2.24, 2.45) is 0 Å². The van der Waals surface area contributed by atoms with Crippen LogP contribution in [-0.4, -0.2) is 18.1 Å². The first-order chi connectivity index (χ1) is 11.1. The molecule has 1 aromatic carbocycles. The van der Waals surface area contributed by atoms with Crippen LogP contribution in [0.3, 0.4) is 0 Å². The molecule has 0 unspecified atom stereocenters. The van der Waals surface area contributed by atoms with Crippen LogP contribution in [0.4, 0.5) is 0 Å². The molecule has 0 aliphatic heterocycles. The van der Waals surface area contributed by atoms with Crippen LogP contribution in [0.2, 0.25) is 0 Å². The average molecular weight is 314 g/mol. The lowest BCUT2D eigenvalue weighted by Crippen LogP contribution is -2.01. The molecule has 0 fully saturated rings. The predicted molar refractivity (Wildman–Crippen MR) is 94.3 cm³/mol. The first-order valence-corrected chi connectivity index (χ1v) is 7.85. The van der Waals surface area contributed by atoms with Gasteiger partial charge in [-0.2, -0.15) is 5.26 Å². The summed E-state index contributed by atoms with van der Waals surface area (Å²) in [4.78, 5) is 14.7. The van der Waals surface area contributed by atoms with E-state index in [4.69, 9.17) is 10.00 Å². The fourth-order valence-electron chi connectivity index (χ4n) is 1.88. The Morgan fingerprint density at radius 2 is 1.74 bits per heavy atom. The summed E-state index contributed by atoms with van der Waals surface area (Å²) in [6.45, 7) is 10.1. The first kappa shape index (κ1) is 20.5. The third-order valence-corrected chi connectivity index (χ3v) is 2.79. The molecule has 4 nitrogen and oxygen atoms in total. The highest BCUT2D eigenvalue weighted by Gasteiger charge is 2.17. The van der Waals surface area contributed by atoms with E-state index in [1.165, 1.54) is 13.5 Å². The van der Waals surface area contributed by atoms with E-state index in [1.54, 1.807) is 18.3 Å². The Hall–Kier alpha value is -2.54. The number of rotatable bonds is 2. The second-order valence-electron chi connectivity index (χ2n) is 4.59. The van der Waals surface area contributed by atoms with Crippen molar-refractivity contribution in [1.82, 2.24) is 4.98 Å². The van der Waals surface area contributed by atoms with E-state index in [9.17, 15) is 4.79 Å². The second-order valence-corrected chi connectivity index (χ2v) is 4.59. The van der Waals surface area contributed by atoms with Gasteiger partial charge in [0.25, 0.3) is 0 Å². The maximum absolute atomic E-state index is 11.6. The topological polar surface area (TPSA) is 65.9 Å². The number of nitrogens with zero attached hydrogens (tertiary/aromatic N) is 1. The molecule has 0 saturated carbocycles. The first-order valence-electron chi connectivity index (χ1n) is 7.85. The van der Waals surface area contributed by atoms with Crippen molar-refractivity contribution in [3.8, 4) is 17.2 Å². The largest absolute Gasteiger partial charge is 0.465 e. The van der Waals surface area contributed by atoms with Crippen molar-refractivity contribution < 1.29 is 9.53 Å². The third kappa shape index (κ3) is 5.63. The molecule has 4 heteroatoms. The quantitative estimate of drug-likeness (QED) is 0.785. The highest BCUT2D eigenvalue weighted by Crippen LogP contribution is 2.28. The summed E-state index contributed by atoms with van der Waals surface area (Å²) in [5.41, 5.74) is 3.67. The number of aryl methyl sites for hydroxylation is 1. The molecule has 0 radical (unpaired) electrons. The van der Waals surface area contributed by atoms with Gasteiger partial charge in [-0.15, -0.1) is 0 Å². The van der Waals surface area contributed by atoms with Crippen LogP contribution >= 0.6 is 0 Å². The molecule has 0 saturated heterocycles. The molecule has 1 N–H and O–H groups in total. The summed E-state index contributed by atoms with van der Waals surface area (Å²) < 4.78 is 4.75. The molecule has 0 amide bonds. The van der Waals surface area contributed by atoms with E-state index in [0.717, 1.165) is 16.8 Å². The molecule has 0 aliphatic carbocycles. The van der Waals surface area contributed by atoms with Gasteiger partial charge in [0.2, 0.25) is 0 Å². The summed E-state index contributed by atoms with van der Waals surface area (Å²) >= 11 is 0. The van der Waals surface area contributed by atoms with Gasteiger partial charge in [-0.1, -0.05) is 46.2 Å². The standard InChI is InChI=1S/C14H12N2O2.C3H8.C2H6/c1-9-13(12(8-16-9)14(17)18-2)11-5-3-10(7-15)4-6-11;1-3-2;1-2/h3-6,8,16H,1-2H3;3H2,1-2H3;1-2H3. The molecule has 0 atom stereocenters. The van der Waals surface area contributed by atoms with Crippen LogP contribution in [-0.2, 0) is 4.74 Å². The van der Waals surface area contributed by atoms with Gasteiger partial charge >= 0.3 is 5.97 Å². The number of carbonyl (C=O) groups is 1. The number of aromatic nitrogens is 1. The predicted octanol–water partition coefficient (Wildman–Crippen LogP) is 5.09. The Labute approximate surface area is 139 Å². The van der Waals surface area contributed by atoms with Gasteiger partial charge in [0.05, 0.1) is 24.3 Å². The second kappa shape index (κ2) is 11.1. The Morgan fingerprint density at radius 1 is 1.22 bits per heavy atom. The van der Waals surface area contributed by atoms with E-state index < -0.39 is 0 Å². The summed E-state index contributed by atoms with van der Waals surface area (Å²) in [5.74, 6) is -0.376. The molecular weight excluding hydrogens is 288 g/mol. The number of aromatic amines is 1. The van der Waals surface area contributed by atoms with Crippen LogP contribution in [0.25, 0.3) is 11.1 Å². The van der Waals surface area contributed by atoms with Crippen LogP contribution in [0.15, 0.2) is 30.5 Å². The van der Waals surface area contributed by atoms with Gasteiger partial charge in [-0.05, 0) is 24.6 Å². The van der Waals surface area contributed by atoms with Gasteiger partial charge in [0, 0.05) is 17.5 Å². The smallest absolute Gasteiger partial charge is 0.340 e. The summed E-state index contributed by atoms with van der Waals surface area (Å²) in [6, 6.07) is 9.15. The lowest BCUT2D eigenvalue weighted by Gasteiger charge is -2.04. The molecule has 0 spiro atoms. The van der Waals surface area contributed by atoms with Gasteiger partial charge in [-0.25, -0.2) is 4.79 Å². The summed E-state index contributed by atoms with van der Waals surface area (Å²) in [5, 5.41) is 8.76. The van der Waals surface area contributed by atoms with E-state index in [2.05, 4.69) is 24.9 Å². The zero-order chi connectivity index (χ0) is 17.8. The molecule has 0 aliphatic rings. The number of esters is 1. The van der Waals surface area contributed by atoms with Crippen LogP contribution in [0, 0.1) is 18.3 Å². The van der Waals surface area contributed by atoms with Crippen molar-refractivity contribution in [2.75, 3.05) is 7.11 Å². The number of methoxy groups -OCH3 is 1. The van der Waals surface area contributed by atoms with Crippen molar-refractivity contribution >= 4 is 5.97 Å². The fourth-order valence-corrected chi connectivity index (χ4v) is 1.88. The number of ether oxygens (including phenoxy) is 1. The minimum absolute atomic E-state index is 0.376. The van der Waals surface area contributed by atoms with Gasteiger partial charge in [0.1, 0.15) is 0 Å². The molecule has 2 rings (SSSR count). The normalized spacial score (nSPS) is 8.74. The summed E-state index contributed by atoms with van der Waals surface area (Å²) in [7, 11) is 1.35. The van der Waals surface area contributed by atoms with Gasteiger partial charge in [-0.3, -0.25) is 0 Å². The number of nitrogens with one attached hydrogen (secondary N) is 1. The van der Waals surface area contributed by atoms with Crippen molar-refractivity contribution in [1.29, 1.82) is 5.26 Å². The Bertz CT molecular complexity index is 634. The lowest BCUT2D eigenvalue weighted by molar-refractivity contribution is 0.0602. The highest BCUT2D eigenvalue weighted by molar-refractivity contribution is 5.98. The molecule has 1 aromatic heterocycles. The summed E-state index contributed by atoms with van der Waals surface area (Å²) in [6.07, 6.45) is 2.88. The number of H-pyrrole nitrogens is 1. The number of hydrogen-bond donors (Lipinski definition) is 1. The number of hydrogen-bond acceptors (Lipinski definition) is 3. The van der Waals surface area contributed by atoms with Gasteiger partial charge in [0.15, 0.2) is 0 Å². The fraction of sp³-hybridized carbons (Fsp3) is 0.368. The van der Waals surface area contributed by atoms with E-state index in [-0.39, 0.29) is 5.97 Å². The third-order valence-electron chi connectivity index (χ3n) is 2.79. The maximum atomic E-state index is 11.6. The molecule has 23 heavy (non-hydrogen) atoms. The molecule has 0 bridgehead atoms. The Balaban J connectivity index is 0.000000868. The van der Waals surface area contributed by atoms with Crippen LogP contribution in [0.1, 0.15) is 55.7 Å². The van der Waals surface area contributed by atoms with E-state index in [1.807, 2.05) is 32.9 Å². The SMILES string of the molecule is CC.CCC.COC(=O)c1c[nH]c(C)c1-c1ccc(C#N)cc1. The molecular formula is C19H26N2O2. The number of nitriles is 1. The minimum Gasteiger partial charge on any atom is -0.465 e. The average Bonchev–Trinajstić information content (AvgIpc) is 2.98. The van der Waals surface area contributed by atoms with Crippen LogP contribution in [0.5, 0.6) is 0 Å². The van der Waals surface area contributed by atoms with Crippen molar-refractivity contribution in [2.45, 2.75) is 41.0 Å².